The van der Waals surface area contributed by atoms with Gasteiger partial charge in [0.1, 0.15) is 7.67 Å². The first-order valence-electron chi connectivity index (χ1n) is 5.46. The first-order valence-corrected chi connectivity index (χ1v) is 4.96. The molecule has 1 aliphatic heterocycles. The Kier molecular flexibility index (Phi) is 2.04. The van der Waals surface area contributed by atoms with Crippen LogP contribution in [0.15, 0.2) is 18.7 Å². The van der Waals surface area contributed by atoms with Crippen LogP contribution in [-0.4, -0.2) is 28.3 Å². The van der Waals surface area contributed by atoms with Crippen molar-refractivity contribution < 1.29 is 10.7 Å². The number of rotatable bonds is 1. The number of hydrogen-bond acceptors (Lipinski definition) is 4. The Morgan fingerprint density at radius 2 is 1.60 bits per heavy atom. The summed E-state index contributed by atoms with van der Waals surface area (Å²) < 4.78 is 18.9. The standard InChI is InChI=1S/C10H15BN2O2/c1-9(2)10(3,4)15-11(14-9)8-5-12-7-13-6-8/h5-7H,1-4H3/i7D. The van der Waals surface area contributed by atoms with Gasteiger partial charge in [-0.2, -0.15) is 0 Å². The van der Waals surface area contributed by atoms with Gasteiger partial charge in [0.2, 0.25) is 0 Å². The van der Waals surface area contributed by atoms with E-state index in [-0.39, 0.29) is 17.5 Å². The van der Waals surface area contributed by atoms with Gasteiger partial charge in [-0.1, -0.05) is 0 Å². The van der Waals surface area contributed by atoms with E-state index in [1.165, 1.54) is 0 Å². The van der Waals surface area contributed by atoms with Gasteiger partial charge in [-0.15, -0.1) is 0 Å². The lowest BCUT2D eigenvalue weighted by Crippen LogP contribution is -2.41. The van der Waals surface area contributed by atoms with Crippen molar-refractivity contribution in [1.29, 1.82) is 0 Å². The van der Waals surface area contributed by atoms with Gasteiger partial charge in [0.05, 0.1) is 11.2 Å². The Balaban J connectivity index is 2.23. The molecule has 0 spiro atoms. The molecule has 0 aromatic carbocycles. The Morgan fingerprint density at radius 3 is 2.07 bits per heavy atom. The maximum absolute atomic E-state index is 7.21. The first kappa shape index (κ1) is 9.30. The Bertz CT molecular complexity index is 378. The van der Waals surface area contributed by atoms with Crippen molar-refractivity contribution >= 4 is 12.6 Å². The fourth-order valence-electron chi connectivity index (χ4n) is 1.37. The molecule has 80 valence electrons. The van der Waals surface area contributed by atoms with Crippen molar-refractivity contribution in [3.63, 3.8) is 0 Å². The molecule has 1 aromatic heterocycles. The van der Waals surface area contributed by atoms with Gasteiger partial charge in [-0.3, -0.25) is 0 Å². The second kappa shape index (κ2) is 3.28. The molecule has 1 aliphatic rings. The van der Waals surface area contributed by atoms with E-state index >= 15 is 0 Å². The van der Waals surface area contributed by atoms with E-state index in [9.17, 15) is 0 Å². The molecule has 0 N–H and O–H groups in total. The van der Waals surface area contributed by atoms with Crippen LogP contribution >= 0.6 is 0 Å². The van der Waals surface area contributed by atoms with Crippen LogP contribution in [0, 0.1) is 0 Å². The van der Waals surface area contributed by atoms with Crippen molar-refractivity contribution in [2.45, 2.75) is 38.9 Å². The number of nitrogens with zero attached hydrogens (tertiary/aromatic N) is 2. The molecule has 0 amide bonds. The zero-order valence-corrected chi connectivity index (χ0v) is 9.44. The molecule has 2 heterocycles. The van der Waals surface area contributed by atoms with E-state index in [0.29, 0.717) is 0 Å². The third-order valence-corrected chi connectivity index (χ3v) is 3.07. The van der Waals surface area contributed by atoms with E-state index in [1.807, 2.05) is 27.7 Å². The fourth-order valence-corrected chi connectivity index (χ4v) is 1.37. The lowest BCUT2D eigenvalue weighted by molar-refractivity contribution is 0.00578. The molecule has 0 radical (unpaired) electrons. The molecule has 0 saturated carbocycles. The number of aromatic nitrogens is 2. The highest BCUT2D eigenvalue weighted by atomic mass is 16.7. The van der Waals surface area contributed by atoms with Crippen LogP contribution in [0.25, 0.3) is 0 Å². The van der Waals surface area contributed by atoms with Crippen LogP contribution in [-0.2, 0) is 9.31 Å². The molecular weight excluding hydrogens is 191 g/mol. The van der Waals surface area contributed by atoms with Gasteiger partial charge in [0, 0.05) is 17.9 Å². The van der Waals surface area contributed by atoms with Gasteiger partial charge in [0.25, 0.3) is 0 Å². The third-order valence-electron chi connectivity index (χ3n) is 3.07. The van der Waals surface area contributed by atoms with Gasteiger partial charge < -0.3 is 9.31 Å². The highest BCUT2D eigenvalue weighted by molar-refractivity contribution is 6.61. The summed E-state index contributed by atoms with van der Waals surface area (Å²) >= 11 is 0. The summed E-state index contributed by atoms with van der Waals surface area (Å²) in [6, 6.07) is 0. The minimum atomic E-state index is -0.453. The molecule has 4 nitrogen and oxygen atoms in total. The molecule has 1 saturated heterocycles. The summed E-state index contributed by atoms with van der Waals surface area (Å²) in [5, 5.41) is 0. The average molecular weight is 207 g/mol. The average Bonchev–Trinajstić information content (AvgIpc) is 2.37. The second-order valence-electron chi connectivity index (χ2n) is 4.70. The molecule has 15 heavy (non-hydrogen) atoms. The predicted molar refractivity (Wildman–Crippen MR) is 57.7 cm³/mol. The monoisotopic (exact) mass is 207 g/mol. The van der Waals surface area contributed by atoms with E-state index in [1.54, 1.807) is 12.4 Å². The maximum Gasteiger partial charge on any atom is 0.498 e. The van der Waals surface area contributed by atoms with Crippen molar-refractivity contribution in [1.82, 2.24) is 9.97 Å². The highest BCUT2D eigenvalue weighted by Gasteiger charge is 2.51. The topological polar surface area (TPSA) is 44.2 Å². The first-order chi connectivity index (χ1) is 7.32. The Labute approximate surface area is 91.6 Å². The van der Waals surface area contributed by atoms with Gasteiger partial charge >= 0.3 is 7.12 Å². The molecule has 0 bridgehead atoms. The zero-order chi connectivity index (χ0) is 12.0. The van der Waals surface area contributed by atoms with Crippen molar-refractivity contribution in [2.24, 2.45) is 0 Å². The van der Waals surface area contributed by atoms with E-state index < -0.39 is 7.12 Å². The zero-order valence-electron chi connectivity index (χ0n) is 10.4. The van der Waals surface area contributed by atoms with E-state index in [2.05, 4.69) is 9.97 Å². The van der Waals surface area contributed by atoms with Crippen LogP contribution in [0.3, 0.4) is 0 Å². The summed E-state index contributed by atoms with van der Waals surface area (Å²) in [6.07, 6.45) is 3.13. The van der Waals surface area contributed by atoms with Crippen molar-refractivity contribution in [3.05, 3.63) is 18.7 Å². The second-order valence-corrected chi connectivity index (χ2v) is 4.70. The molecule has 1 aromatic rings. The predicted octanol–water partition coefficient (Wildman–Crippen LogP) is 0.776. The minimum Gasteiger partial charge on any atom is -0.399 e. The van der Waals surface area contributed by atoms with E-state index in [4.69, 9.17) is 10.7 Å². The Morgan fingerprint density at radius 1 is 1.13 bits per heavy atom. The maximum atomic E-state index is 7.21. The molecular formula is C10H15BN2O2. The Hall–Kier alpha value is -0.935. The van der Waals surface area contributed by atoms with Gasteiger partial charge in [-0.25, -0.2) is 9.97 Å². The van der Waals surface area contributed by atoms with Gasteiger partial charge in [0.15, 0.2) is 0 Å². The van der Waals surface area contributed by atoms with Crippen LogP contribution in [0.2, 0.25) is 0 Å². The van der Waals surface area contributed by atoms with E-state index in [0.717, 1.165) is 5.46 Å². The molecule has 5 heteroatoms. The molecule has 0 unspecified atom stereocenters. The minimum absolute atomic E-state index is 0.000248. The molecule has 0 aliphatic carbocycles. The SMILES string of the molecule is [2H]c1ncc(B2OC(C)(C)C(C)(C)O2)cn1. The van der Waals surface area contributed by atoms with Crippen molar-refractivity contribution in [2.75, 3.05) is 0 Å². The summed E-state index contributed by atoms with van der Waals surface area (Å²) in [4.78, 5) is 7.63. The summed E-state index contributed by atoms with van der Waals surface area (Å²) in [5.74, 6) is 0. The van der Waals surface area contributed by atoms with Crippen LogP contribution in [0.1, 0.15) is 29.1 Å². The molecule has 2 rings (SSSR count). The van der Waals surface area contributed by atoms with Gasteiger partial charge in [-0.05, 0) is 27.7 Å². The smallest absolute Gasteiger partial charge is 0.399 e. The lowest BCUT2D eigenvalue weighted by atomic mass is 9.81. The molecule has 1 fully saturated rings. The summed E-state index contributed by atoms with van der Waals surface area (Å²) in [5.41, 5.74) is 0.0175. The summed E-state index contributed by atoms with van der Waals surface area (Å²) in [6.45, 7) is 7.97. The fraction of sp³-hybridized carbons (Fsp3) is 0.600. The molecule has 0 atom stereocenters. The summed E-state index contributed by atoms with van der Waals surface area (Å²) in [7, 11) is -0.453. The van der Waals surface area contributed by atoms with Crippen LogP contribution in [0.5, 0.6) is 0 Å². The van der Waals surface area contributed by atoms with Crippen LogP contribution in [0.4, 0.5) is 0 Å². The largest absolute Gasteiger partial charge is 0.498 e. The highest BCUT2D eigenvalue weighted by Crippen LogP contribution is 2.36. The number of hydrogen-bond donors (Lipinski definition) is 0. The quantitative estimate of drug-likeness (QED) is 0.638. The van der Waals surface area contributed by atoms with Crippen molar-refractivity contribution in [3.8, 4) is 0 Å². The lowest BCUT2D eigenvalue weighted by Gasteiger charge is -2.32. The third kappa shape index (κ3) is 1.77. The van der Waals surface area contributed by atoms with Crippen LogP contribution < -0.4 is 5.46 Å². The normalized spacial score (nSPS) is 24.0.